The van der Waals surface area contributed by atoms with Crippen molar-refractivity contribution in [2.45, 2.75) is 6.92 Å². The van der Waals surface area contributed by atoms with Crippen molar-refractivity contribution in [2.24, 2.45) is 0 Å². The summed E-state index contributed by atoms with van der Waals surface area (Å²) in [6.45, 7) is 1.33. The number of amides is 2. The number of hydrogen-bond acceptors (Lipinski definition) is 6. The maximum atomic E-state index is 12.5. The Kier molecular flexibility index (Phi) is 3.33. The van der Waals surface area contributed by atoms with Gasteiger partial charge in [-0.15, -0.1) is 0 Å². The van der Waals surface area contributed by atoms with Crippen molar-refractivity contribution in [3.05, 3.63) is 73.3 Å². The molecule has 3 rings (SSSR count). The summed E-state index contributed by atoms with van der Waals surface area (Å²) in [7, 11) is 0. The van der Waals surface area contributed by atoms with Crippen LogP contribution in [0.4, 0.5) is 17.1 Å². The first-order chi connectivity index (χ1) is 11.3. The van der Waals surface area contributed by atoms with Crippen molar-refractivity contribution in [1.29, 1.82) is 0 Å². The van der Waals surface area contributed by atoms with Crippen LogP contribution in [0.3, 0.4) is 0 Å². The normalized spacial score (nSPS) is 13.1. The highest BCUT2D eigenvalue weighted by Crippen LogP contribution is 2.37. The summed E-state index contributed by atoms with van der Waals surface area (Å²) in [5, 5.41) is 22.2. The molecule has 2 amide bonds. The van der Waals surface area contributed by atoms with Crippen LogP contribution in [-0.2, 0) is 0 Å². The van der Waals surface area contributed by atoms with E-state index in [4.69, 9.17) is 0 Å². The predicted octanol–water partition coefficient (Wildman–Crippen LogP) is 2.61. The number of fused-ring (bicyclic) bond motifs is 1. The number of hydrogen-bond donors (Lipinski definition) is 0. The Morgan fingerprint density at radius 2 is 1.46 bits per heavy atom. The molecule has 0 radical (unpaired) electrons. The van der Waals surface area contributed by atoms with Gasteiger partial charge in [0.05, 0.1) is 38.3 Å². The van der Waals surface area contributed by atoms with Gasteiger partial charge in [-0.05, 0) is 19.1 Å². The molecule has 0 unspecified atom stereocenters. The molecule has 0 atom stereocenters. The molecule has 9 nitrogen and oxygen atoms in total. The second-order valence-corrected chi connectivity index (χ2v) is 5.11. The smallest absolute Gasteiger partial charge is 0.268 e. The molecular weight excluding hydrogens is 318 g/mol. The Bertz CT molecular complexity index is 902. The lowest BCUT2D eigenvalue weighted by atomic mass is 10.1. The molecule has 0 aliphatic carbocycles. The summed E-state index contributed by atoms with van der Waals surface area (Å²) in [6, 6.07) is 7.86. The number of carbonyl (C=O) groups excluding carboxylic acids is 2. The Hall–Kier alpha value is -3.62. The number of rotatable bonds is 3. The molecule has 0 N–H and O–H groups in total. The third kappa shape index (κ3) is 2.10. The van der Waals surface area contributed by atoms with Crippen molar-refractivity contribution in [3.63, 3.8) is 0 Å². The zero-order chi connectivity index (χ0) is 17.6. The lowest BCUT2D eigenvalue weighted by Gasteiger charge is -2.16. The molecule has 9 heteroatoms. The van der Waals surface area contributed by atoms with Crippen molar-refractivity contribution in [3.8, 4) is 0 Å². The topological polar surface area (TPSA) is 124 Å². The SMILES string of the molecule is Cc1c(N2C(=O)c3ccccc3C2=O)cc([N+](=O)[O-])cc1[N+](=O)[O-]. The van der Waals surface area contributed by atoms with Gasteiger partial charge in [-0.2, -0.15) is 0 Å². The molecule has 1 aliphatic rings. The van der Waals surface area contributed by atoms with Crippen molar-refractivity contribution in [2.75, 3.05) is 4.90 Å². The van der Waals surface area contributed by atoms with E-state index in [1.807, 2.05) is 0 Å². The summed E-state index contributed by atoms with van der Waals surface area (Å²) in [5.74, 6) is -1.35. The molecule has 1 heterocycles. The van der Waals surface area contributed by atoms with Crippen molar-refractivity contribution >= 4 is 28.9 Å². The lowest BCUT2D eigenvalue weighted by Crippen LogP contribution is -2.30. The van der Waals surface area contributed by atoms with Crippen LogP contribution >= 0.6 is 0 Å². The number of nitrogens with zero attached hydrogens (tertiary/aromatic N) is 3. The van der Waals surface area contributed by atoms with Crippen LogP contribution in [0.25, 0.3) is 0 Å². The van der Waals surface area contributed by atoms with Crippen LogP contribution in [0, 0.1) is 27.2 Å². The predicted molar refractivity (Wildman–Crippen MR) is 82.1 cm³/mol. The fraction of sp³-hybridized carbons (Fsp3) is 0.0667. The molecule has 0 saturated carbocycles. The second kappa shape index (κ2) is 5.23. The van der Waals surface area contributed by atoms with E-state index in [0.29, 0.717) is 0 Å². The minimum Gasteiger partial charge on any atom is -0.268 e. The quantitative estimate of drug-likeness (QED) is 0.485. The van der Waals surface area contributed by atoms with Crippen molar-refractivity contribution < 1.29 is 19.4 Å². The van der Waals surface area contributed by atoms with Gasteiger partial charge in [0.15, 0.2) is 0 Å². The Balaban J connectivity index is 2.24. The van der Waals surface area contributed by atoms with Gasteiger partial charge in [0.2, 0.25) is 0 Å². The number of benzene rings is 2. The molecule has 0 spiro atoms. The highest BCUT2D eigenvalue weighted by molar-refractivity contribution is 6.34. The van der Waals surface area contributed by atoms with E-state index in [1.165, 1.54) is 19.1 Å². The highest BCUT2D eigenvalue weighted by Gasteiger charge is 2.39. The first-order valence-electron chi connectivity index (χ1n) is 6.74. The molecule has 0 aromatic heterocycles. The zero-order valence-corrected chi connectivity index (χ0v) is 12.3. The molecule has 0 bridgehead atoms. The van der Waals surface area contributed by atoms with Gasteiger partial charge in [0, 0.05) is 6.07 Å². The molecule has 2 aromatic rings. The van der Waals surface area contributed by atoms with Gasteiger partial charge in [-0.3, -0.25) is 29.8 Å². The van der Waals surface area contributed by atoms with Crippen LogP contribution in [0.1, 0.15) is 26.3 Å². The van der Waals surface area contributed by atoms with E-state index in [0.717, 1.165) is 17.0 Å². The van der Waals surface area contributed by atoms with Gasteiger partial charge in [-0.25, -0.2) is 4.90 Å². The molecule has 1 aliphatic heterocycles. The number of carbonyl (C=O) groups is 2. The largest absolute Gasteiger partial charge is 0.281 e. The van der Waals surface area contributed by atoms with E-state index in [-0.39, 0.29) is 22.4 Å². The van der Waals surface area contributed by atoms with Crippen LogP contribution in [0.15, 0.2) is 36.4 Å². The minimum absolute atomic E-state index is 0.0000983. The van der Waals surface area contributed by atoms with Gasteiger partial charge in [0.1, 0.15) is 0 Å². The van der Waals surface area contributed by atoms with E-state index in [9.17, 15) is 29.8 Å². The van der Waals surface area contributed by atoms with Gasteiger partial charge in [-0.1, -0.05) is 12.1 Å². The molecule has 24 heavy (non-hydrogen) atoms. The third-order valence-electron chi connectivity index (χ3n) is 3.78. The number of nitro groups is 2. The van der Waals surface area contributed by atoms with E-state index >= 15 is 0 Å². The fourth-order valence-electron chi connectivity index (χ4n) is 2.60. The van der Waals surface area contributed by atoms with Gasteiger partial charge in [0.25, 0.3) is 23.2 Å². The summed E-state index contributed by atoms with van der Waals surface area (Å²) in [6.07, 6.45) is 0. The average Bonchev–Trinajstić information content (AvgIpc) is 2.79. The Morgan fingerprint density at radius 1 is 0.917 bits per heavy atom. The lowest BCUT2D eigenvalue weighted by molar-refractivity contribution is -0.394. The highest BCUT2D eigenvalue weighted by atomic mass is 16.6. The third-order valence-corrected chi connectivity index (χ3v) is 3.78. The van der Waals surface area contributed by atoms with Crippen LogP contribution in [0.5, 0.6) is 0 Å². The number of imide groups is 1. The first-order valence-corrected chi connectivity index (χ1v) is 6.74. The second-order valence-electron chi connectivity index (χ2n) is 5.11. The summed E-state index contributed by atoms with van der Waals surface area (Å²) in [5.41, 5.74) is -0.969. The fourth-order valence-corrected chi connectivity index (χ4v) is 2.60. The van der Waals surface area contributed by atoms with Crippen LogP contribution in [-0.4, -0.2) is 21.7 Å². The number of anilines is 1. The molecule has 2 aromatic carbocycles. The maximum Gasteiger partial charge on any atom is 0.281 e. The monoisotopic (exact) mass is 327 g/mol. The van der Waals surface area contributed by atoms with Gasteiger partial charge >= 0.3 is 0 Å². The van der Waals surface area contributed by atoms with E-state index in [1.54, 1.807) is 12.1 Å². The van der Waals surface area contributed by atoms with E-state index < -0.39 is 33.0 Å². The van der Waals surface area contributed by atoms with Crippen LogP contribution < -0.4 is 4.90 Å². The first kappa shape index (κ1) is 15.3. The molecule has 0 fully saturated rings. The average molecular weight is 327 g/mol. The van der Waals surface area contributed by atoms with E-state index in [2.05, 4.69) is 0 Å². The number of nitro benzene ring substituents is 2. The van der Waals surface area contributed by atoms with Gasteiger partial charge < -0.3 is 0 Å². The molecule has 120 valence electrons. The Morgan fingerprint density at radius 3 is 1.92 bits per heavy atom. The van der Waals surface area contributed by atoms with Crippen molar-refractivity contribution in [1.82, 2.24) is 0 Å². The zero-order valence-electron chi connectivity index (χ0n) is 12.3. The minimum atomic E-state index is -0.811. The Labute approximate surface area is 134 Å². The standard InChI is InChI=1S/C15H9N3O6/c1-8-12(6-9(17(21)22)7-13(8)18(23)24)16-14(19)10-4-2-3-5-11(10)15(16)20/h2-7H,1H3. The summed E-state index contributed by atoms with van der Waals surface area (Å²) >= 11 is 0. The molecular formula is C15H9N3O6. The maximum absolute atomic E-state index is 12.5. The summed E-state index contributed by atoms with van der Waals surface area (Å²) in [4.78, 5) is 46.3. The number of non-ortho nitro benzene ring substituents is 1. The van der Waals surface area contributed by atoms with Crippen LogP contribution in [0.2, 0.25) is 0 Å². The summed E-state index contributed by atoms with van der Waals surface area (Å²) < 4.78 is 0. The molecule has 0 saturated heterocycles.